The third kappa shape index (κ3) is 7.58. The first-order chi connectivity index (χ1) is 9.86. The predicted octanol–water partition coefficient (Wildman–Crippen LogP) is 1.05. The average molecular weight is 280 g/mol. The monoisotopic (exact) mass is 280 g/mol. The molecule has 1 heterocycles. The number of rotatable bonds is 9. The molecule has 2 N–H and O–H groups in total. The first-order valence-electron chi connectivity index (χ1n) is 6.99. The molecule has 0 unspecified atom stereocenters. The first-order valence-corrected chi connectivity index (χ1v) is 6.99. The predicted molar refractivity (Wildman–Crippen MR) is 80.2 cm³/mol. The normalized spacial score (nSPS) is 11.2. The lowest BCUT2D eigenvalue weighted by atomic mass is 10.5. The number of nitrogens with zero attached hydrogens (tertiary/aromatic N) is 2. The van der Waals surface area contributed by atoms with Crippen LogP contribution in [0.15, 0.2) is 29.5 Å². The molecule has 0 saturated carbocycles. The van der Waals surface area contributed by atoms with Gasteiger partial charge in [0.1, 0.15) is 12.4 Å². The van der Waals surface area contributed by atoms with Gasteiger partial charge in [0.25, 0.3) is 0 Å². The standard InChI is InChI=1S/C14H24N4O2/c1-3-16-14(17-8-10-19-4-2)18-9-11-20-13-6-5-7-15-12-13/h5-7,12H,3-4,8-11H2,1-2H3,(H2,16,17,18). The summed E-state index contributed by atoms with van der Waals surface area (Å²) in [6.07, 6.45) is 3.42. The molecule has 1 rings (SSSR count). The number of aromatic nitrogens is 1. The van der Waals surface area contributed by atoms with E-state index in [9.17, 15) is 0 Å². The summed E-state index contributed by atoms with van der Waals surface area (Å²) in [5, 5.41) is 6.38. The topological polar surface area (TPSA) is 67.8 Å². The van der Waals surface area contributed by atoms with Crippen molar-refractivity contribution in [1.82, 2.24) is 15.6 Å². The smallest absolute Gasteiger partial charge is 0.191 e. The van der Waals surface area contributed by atoms with Crippen LogP contribution in [0.5, 0.6) is 5.75 Å². The molecule has 0 aliphatic carbocycles. The number of hydrogen-bond acceptors (Lipinski definition) is 4. The van der Waals surface area contributed by atoms with Gasteiger partial charge in [0.15, 0.2) is 5.96 Å². The van der Waals surface area contributed by atoms with Crippen molar-refractivity contribution < 1.29 is 9.47 Å². The summed E-state index contributed by atoms with van der Waals surface area (Å²) < 4.78 is 10.8. The fourth-order valence-corrected chi connectivity index (χ4v) is 1.48. The van der Waals surface area contributed by atoms with Gasteiger partial charge in [-0.3, -0.25) is 9.98 Å². The van der Waals surface area contributed by atoms with E-state index in [0.717, 1.165) is 24.9 Å². The van der Waals surface area contributed by atoms with E-state index in [1.807, 2.05) is 26.0 Å². The number of guanidine groups is 1. The van der Waals surface area contributed by atoms with Gasteiger partial charge >= 0.3 is 0 Å². The molecule has 0 fully saturated rings. The Balaban J connectivity index is 2.21. The summed E-state index contributed by atoms with van der Waals surface area (Å²) >= 11 is 0. The van der Waals surface area contributed by atoms with E-state index in [1.54, 1.807) is 12.4 Å². The minimum atomic E-state index is 0.557. The van der Waals surface area contributed by atoms with Crippen LogP contribution in [-0.2, 0) is 4.74 Å². The van der Waals surface area contributed by atoms with Crippen LogP contribution in [0.1, 0.15) is 13.8 Å². The highest BCUT2D eigenvalue weighted by Crippen LogP contribution is 2.04. The highest BCUT2D eigenvalue weighted by molar-refractivity contribution is 5.79. The molecular formula is C14H24N4O2. The fourth-order valence-electron chi connectivity index (χ4n) is 1.48. The largest absolute Gasteiger partial charge is 0.490 e. The van der Waals surface area contributed by atoms with Gasteiger partial charge in [-0.25, -0.2) is 0 Å². The minimum absolute atomic E-state index is 0.557. The Bertz CT molecular complexity index is 371. The number of ether oxygens (including phenoxy) is 2. The van der Waals surface area contributed by atoms with Gasteiger partial charge in [0, 0.05) is 19.3 Å². The molecule has 0 spiro atoms. The lowest BCUT2D eigenvalue weighted by Gasteiger charge is -2.11. The Morgan fingerprint density at radius 2 is 2.20 bits per heavy atom. The maximum atomic E-state index is 5.55. The van der Waals surface area contributed by atoms with Crippen molar-refractivity contribution in [1.29, 1.82) is 0 Å². The second-order valence-electron chi connectivity index (χ2n) is 3.92. The van der Waals surface area contributed by atoms with Crippen LogP contribution in [-0.4, -0.2) is 50.4 Å². The second kappa shape index (κ2) is 11.0. The fraction of sp³-hybridized carbons (Fsp3) is 0.571. The minimum Gasteiger partial charge on any atom is -0.490 e. The van der Waals surface area contributed by atoms with Crippen LogP contribution in [0, 0.1) is 0 Å². The summed E-state index contributed by atoms with van der Waals surface area (Å²) in [6.45, 7) is 8.07. The van der Waals surface area contributed by atoms with Gasteiger partial charge < -0.3 is 20.1 Å². The molecule has 0 atom stereocenters. The van der Waals surface area contributed by atoms with Crippen molar-refractivity contribution in [2.75, 3.05) is 39.5 Å². The number of hydrogen-bond donors (Lipinski definition) is 2. The van der Waals surface area contributed by atoms with Crippen LogP contribution in [0.4, 0.5) is 0 Å². The first kappa shape index (κ1) is 16.2. The van der Waals surface area contributed by atoms with E-state index < -0.39 is 0 Å². The summed E-state index contributed by atoms with van der Waals surface area (Å²) in [4.78, 5) is 8.39. The Hall–Kier alpha value is -1.82. The highest BCUT2D eigenvalue weighted by Gasteiger charge is 1.97. The zero-order valence-electron chi connectivity index (χ0n) is 12.3. The van der Waals surface area contributed by atoms with Crippen molar-refractivity contribution >= 4 is 5.96 Å². The maximum absolute atomic E-state index is 5.55. The van der Waals surface area contributed by atoms with Crippen LogP contribution in [0.25, 0.3) is 0 Å². The summed E-state index contributed by atoms with van der Waals surface area (Å²) in [7, 11) is 0. The van der Waals surface area contributed by atoms with Gasteiger partial charge in [-0.2, -0.15) is 0 Å². The Kier molecular flexibility index (Phi) is 8.97. The zero-order valence-corrected chi connectivity index (χ0v) is 12.3. The van der Waals surface area contributed by atoms with E-state index in [-0.39, 0.29) is 0 Å². The molecule has 0 amide bonds. The quantitative estimate of drug-likeness (QED) is 0.402. The molecular weight excluding hydrogens is 256 g/mol. The van der Waals surface area contributed by atoms with Crippen LogP contribution >= 0.6 is 0 Å². The molecule has 0 aliphatic heterocycles. The number of pyridine rings is 1. The van der Waals surface area contributed by atoms with Gasteiger partial charge in [-0.15, -0.1) is 0 Å². The third-order valence-corrected chi connectivity index (χ3v) is 2.35. The average Bonchev–Trinajstić information content (AvgIpc) is 2.49. The molecule has 1 aromatic heterocycles. The molecule has 20 heavy (non-hydrogen) atoms. The summed E-state index contributed by atoms with van der Waals surface area (Å²) in [6, 6.07) is 3.73. The molecule has 6 heteroatoms. The Morgan fingerprint density at radius 1 is 1.30 bits per heavy atom. The van der Waals surface area contributed by atoms with Gasteiger partial charge in [0.2, 0.25) is 0 Å². The van der Waals surface area contributed by atoms with Crippen LogP contribution in [0.3, 0.4) is 0 Å². The second-order valence-corrected chi connectivity index (χ2v) is 3.92. The Labute approximate surface area is 120 Å². The van der Waals surface area contributed by atoms with Crippen molar-refractivity contribution in [2.45, 2.75) is 13.8 Å². The van der Waals surface area contributed by atoms with E-state index in [4.69, 9.17) is 9.47 Å². The van der Waals surface area contributed by atoms with Crippen molar-refractivity contribution in [3.63, 3.8) is 0 Å². The maximum Gasteiger partial charge on any atom is 0.191 e. The summed E-state index contributed by atoms with van der Waals surface area (Å²) in [5.41, 5.74) is 0. The van der Waals surface area contributed by atoms with E-state index in [1.165, 1.54) is 0 Å². The molecule has 112 valence electrons. The number of aliphatic imine (C=N–C) groups is 1. The molecule has 6 nitrogen and oxygen atoms in total. The highest BCUT2D eigenvalue weighted by atomic mass is 16.5. The van der Waals surface area contributed by atoms with E-state index >= 15 is 0 Å². The third-order valence-electron chi connectivity index (χ3n) is 2.35. The summed E-state index contributed by atoms with van der Waals surface area (Å²) in [5.74, 6) is 1.55. The Morgan fingerprint density at radius 3 is 2.90 bits per heavy atom. The number of nitrogens with one attached hydrogen (secondary N) is 2. The van der Waals surface area contributed by atoms with Gasteiger partial charge in [-0.05, 0) is 26.0 Å². The molecule has 0 bridgehead atoms. The van der Waals surface area contributed by atoms with Crippen LogP contribution in [0.2, 0.25) is 0 Å². The van der Waals surface area contributed by atoms with Crippen molar-refractivity contribution in [3.8, 4) is 5.75 Å². The SMILES string of the molecule is CCNC(=NCCOCC)NCCOc1cccnc1. The molecule has 0 aromatic carbocycles. The molecule has 0 aliphatic rings. The lowest BCUT2D eigenvalue weighted by molar-refractivity contribution is 0.155. The van der Waals surface area contributed by atoms with Crippen molar-refractivity contribution in [3.05, 3.63) is 24.5 Å². The van der Waals surface area contributed by atoms with Crippen molar-refractivity contribution in [2.24, 2.45) is 4.99 Å². The molecule has 0 radical (unpaired) electrons. The molecule has 1 aromatic rings. The molecule has 0 saturated heterocycles. The zero-order chi connectivity index (χ0) is 14.5. The van der Waals surface area contributed by atoms with E-state index in [0.29, 0.717) is 26.3 Å². The van der Waals surface area contributed by atoms with Crippen LogP contribution < -0.4 is 15.4 Å². The lowest BCUT2D eigenvalue weighted by Crippen LogP contribution is -2.39. The van der Waals surface area contributed by atoms with Gasteiger partial charge in [0.05, 0.1) is 25.9 Å². The van der Waals surface area contributed by atoms with Gasteiger partial charge in [-0.1, -0.05) is 0 Å². The van der Waals surface area contributed by atoms with E-state index in [2.05, 4.69) is 20.6 Å².